The first-order valence-corrected chi connectivity index (χ1v) is 19.1. The number of nitrogens with zero attached hydrogens (tertiary/aromatic N) is 5. The number of carbonyl (C=O) groups is 1. The van der Waals surface area contributed by atoms with E-state index < -0.39 is 11.6 Å². The number of esters is 1. The average Bonchev–Trinajstić information content (AvgIpc) is 3.44. The van der Waals surface area contributed by atoms with Crippen molar-refractivity contribution in [3.63, 3.8) is 0 Å². The predicted molar refractivity (Wildman–Crippen MR) is 192 cm³/mol. The van der Waals surface area contributed by atoms with Gasteiger partial charge in [-0.3, -0.25) is 4.79 Å². The molecule has 0 spiro atoms. The van der Waals surface area contributed by atoms with Crippen molar-refractivity contribution in [2.24, 2.45) is 0 Å². The number of halogens is 2. The summed E-state index contributed by atoms with van der Waals surface area (Å²) in [5.74, 6) is 0.337. The Bertz CT molecular complexity index is 2090. The first kappa shape index (κ1) is 34.0. The highest BCUT2D eigenvalue weighted by molar-refractivity contribution is 8.77. The van der Waals surface area contributed by atoms with Gasteiger partial charge in [0.1, 0.15) is 12.4 Å². The molecule has 7 rings (SSSR count). The minimum Gasteiger partial charge on any atom is -0.458 e. The molecule has 0 unspecified atom stereocenters. The molecule has 4 aromatic rings. The molecule has 3 aliphatic rings. The van der Waals surface area contributed by atoms with Crippen molar-refractivity contribution in [2.75, 3.05) is 22.9 Å². The summed E-state index contributed by atoms with van der Waals surface area (Å²) in [6, 6.07) is 2.76. The molecule has 258 valence electrons. The van der Waals surface area contributed by atoms with Crippen LogP contribution in [0.2, 0.25) is 5.28 Å². The predicted octanol–water partition coefficient (Wildman–Crippen LogP) is 6.45. The topological polar surface area (TPSA) is 144 Å². The maximum absolute atomic E-state index is 15.3. The van der Waals surface area contributed by atoms with E-state index in [-0.39, 0.29) is 64.1 Å². The van der Waals surface area contributed by atoms with E-state index in [4.69, 9.17) is 21.3 Å². The lowest BCUT2D eigenvalue weighted by Gasteiger charge is -2.31. The van der Waals surface area contributed by atoms with E-state index in [1.165, 1.54) is 6.07 Å². The van der Waals surface area contributed by atoms with Crippen LogP contribution in [0.15, 0.2) is 16.9 Å². The van der Waals surface area contributed by atoms with Crippen molar-refractivity contribution in [2.45, 2.75) is 89.8 Å². The second kappa shape index (κ2) is 12.7. The maximum atomic E-state index is 15.3. The summed E-state index contributed by atoms with van der Waals surface area (Å²) in [6.45, 7) is 10.7. The number of aryl methyl sites for hydroxylation is 1. The SMILES string of the molecule is CCC(C)(C)SSCCNc1nc(Cl)nc(N[C@H]2CCc3c(C)c(F)cc4nc5c(c2c34)Cn2c-5cc3c(c2=O)COC(=O)[C@]3(O)CC)n1. The molecule has 49 heavy (non-hydrogen) atoms. The van der Waals surface area contributed by atoms with E-state index in [9.17, 15) is 14.7 Å². The number of aliphatic hydroxyl groups is 1. The van der Waals surface area contributed by atoms with Crippen molar-refractivity contribution < 1.29 is 19.0 Å². The van der Waals surface area contributed by atoms with Crippen LogP contribution >= 0.6 is 33.2 Å². The molecule has 15 heteroatoms. The molecule has 5 heterocycles. The summed E-state index contributed by atoms with van der Waals surface area (Å²) < 4.78 is 22.3. The molecule has 0 saturated heterocycles. The molecule has 2 atom stereocenters. The minimum atomic E-state index is -1.95. The Morgan fingerprint density at radius 3 is 2.67 bits per heavy atom. The Morgan fingerprint density at radius 1 is 1.14 bits per heavy atom. The molecule has 3 aromatic heterocycles. The van der Waals surface area contributed by atoms with E-state index >= 15 is 4.39 Å². The van der Waals surface area contributed by atoms with Gasteiger partial charge in [0.25, 0.3) is 5.56 Å². The smallest absolute Gasteiger partial charge is 0.343 e. The number of cyclic esters (lactones) is 1. The van der Waals surface area contributed by atoms with Crippen LogP contribution < -0.4 is 16.2 Å². The van der Waals surface area contributed by atoms with Gasteiger partial charge in [-0.2, -0.15) is 15.0 Å². The normalized spacial score (nSPS) is 19.3. The number of pyridine rings is 2. The zero-order valence-electron chi connectivity index (χ0n) is 27.9. The molecular weight excluding hydrogens is 689 g/mol. The van der Waals surface area contributed by atoms with E-state index in [1.54, 1.807) is 35.3 Å². The lowest BCUT2D eigenvalue weighted by atomic mass is 9.81. The van der Waals surface area contributed by atoms with Crippen molar-refractivity contribution in [1.29, 1.82) is 0 Å². The molecule has 0 saturated carbocycles. The number of hydrogen-bond donors (Lipinski definition) is 3. The Hall–Kier alpha value is -3.46. The minimum absolute atomic E-state index is 0.0327. The van der Waals surface area contributed by atoms with Crippen molar-refractivity contribution >= 4 is 62.0 Å². The van der Waals surface area contributed by atoms with Crippen molar-refractivity contribution in [3.05, 3.63) is 67.0 Å². The van der Waals surface area contributed by atoms with Crippen LogP contribution in [0.25, 0.3) is 22.3 Å². The third kappa shape index (κ3) is 5.83. The molecule has 11 nitrogen and oxygen atoms in total. The fourth-order valence-electron chi connectivity index (χ4n) is 6.81. The van der Waals surface area contributed by atoms with Crippen molar-refractivity contribution in [1.82, 2.24) is 24.5 Å². The van der Waals surface area contributed by atoms with Gasteiger partial charge >= 0.3 is 5.97 Å². The van der Waals surface area contributed by atoms with Gasteiger partial charge in [-0.05, 0) is 80.8 Å². The Labute approximate surface area is 295 Å². The third-order valence-corrected chi connectivity index (χ3v) is 13.5. The van der Waals surface area contributed by atoms with Crippen LogP contribution in [-0.4, -0.2) is 52.6 Å². The third-order valence-electron chi connectivity index (χ3n) is 9.89. The monoisotopic (exact) mass is 725 g/mol. The lowest BCUT2D eigenvalue weighted by molar-refractivity contribution is -0.172. The quantitative estimate of drug-likeness (QED) is 0.0827. The summed E-state index contributed by atoms with van der Waals surface area (Å²) in [6.07, 6.45) is 2.29. The fraction of sp³-hybridized carbons (Fsp3) is 0.471. The number of ether oxygens (including phenoxy) is 1. The Kier molecular flexibility index (Phi) is 8.81. The zero-order valence-corrected chi connectivity index (χ0v) is 30.3. The molecule has 1 aromatic carbocycles. The number of carbonyl (C=O) groups excluding carboxylic acids is 1. The highest BCUT2D eigenvalue weighted by atomic mass is 35.5. The van der Waals surface area contributed by atoms with Crippen LogP contribution in [0.1, 0.15) is 86.4 Å². The van der Waals surface area contributed by atoms with Gasteiger partial charge in [0.2, 0.25) is 17.2 Å². The molecule has 0 fully saturated rings. The number of aromatic nitrogens is 5. The largest absolute Gasteiger partial charge is 0.458 e. The van der Waals surface area contributed by atoms with Crippen LogP contribution in [0.3, 0.4) is 0 Å². The van der Waals surface area contributed by atoms with E-state index in [0.29, 0.717) is 47.8 Å². The van der Waals surface area contributed by atoms with E-state index in [0.717, 1.165) is 34.3 Å². The number of hydrogen-bond acceptors (Lipinski definition) is 12. The van der Waals surface area contributed by atoms with Gasteiger partial charge in [0, 0.05) is 39.6 Å². The molecule has 3 N–H and O–H groups in total. The number of rotatable bonds is 10. The summed E-state index contributed by atoms with van der Waals surface area (Å²) in [4.78, 5) is 44.8. The lowest BCUT2D eigenvalue weighted by Crippen LogP contribution is -2.44. The zero-order chi connectivity index (χ0) is 34.8. The summed E-state index contributed by atoms with van der Waals surface area (Å²) >= 11 is 6.37. The molecule has 1 aliphatic carbocycles. The first-order valence-electron chi connectivity index (χ1n) is 16.4. The number of nitrogens with one attached hydrogen (secondary N) is 2. The summed E-state index contributed by atoms with van der Waals surface area (Å²) in [5.41, 5.74) is 2.67. The van der Waals surface area contributed by atoms with Gasteiger partial charge in [-0.25, -0.2) is 14.2 Å². The summed E-state index contributed by atoms with van der Waals surface area (Å²) in [5, 5.41) is 18.9. The van der Waals surface area contributed by atoms with Crippen molar-refractivity contribution in [3.8, 4) is 11.4 Å². The summed E-state index contributed by atoms with van der Waals surface area (Å²) in [7, 11) is 3.64. The average molecular weight is 726 g/mol. The van der Waals surface area contributed by atoms with Crippen LogP contribution in [-0.2, 0) is 34.7 Å². The van der Waals surface area contributed by atoms with E-state index in [2.05, 4.69) is 46.4 Å². The second-order valence-corrected chi connectivity index (χ2v) is 16.7. The van der Waals surface area contributed by atoms with Crippen LogP contribution in [0.4, 0.5) is 16.3 Å². The molecular formula is C34H37ClFN7O4S2. The van der Waals surface area contributed by atoms with E-state index in [1.807, 2.05) is 10.8 Å². The Morgan fingerprint density at radius 2 is 1.92 bits per heavy atom. The van der Waals surface area contributed by atoms with Gasteiger partial charge in [0.15, 0.2) is 5.60 Å². The van der Waals surface area contributed by atoms with Crippen LogP contribution in [0.5, 0.6) is 0 Å². The maximum Gasteiger partial charge on any atom is 0.343 e. The van der Waals surface area contributed by atoms with Gasteiger partial charge in [-0.15, -0.1) is 0 Å². The van der Waals surface area contributed by atoms with Crippen LogP contribution in [0, 0.1) is 12.7 Å². The number of benzene rings is 1. The highest BCUT2D eigenvalue weighted by Gasteiger charge is 2.46. The molecule has 0 amide bonds. The second-order valence-electron chi connectivity index (χ2n) is 13.2. The molecule has 0 radical (unpaired) electrons. The first-order chi connectivity index (χ1) is 23.3. The Balaban J connectivity index is 1.27. The number of anilines is 2. The molecule has 2 aliphatic heterocycles. The van der Waals surface area contributed by atoms with Gasteiger partial charge in [0.05, 0.1) is 35.1 Å². The van der Waals surface area contributed by atoms with Gasteiger partial charge < -0.3 is 25.0 Å². The fourth-order valence-corrected chi connectivity index (χ4v) is 9.49. The standard InChI is InChI=1S/C34H37ClFN7O4S2/c1-6-33(4,5)49-48-11-10-37-31-40-30(35)41-32(42-31)39-22-9-8-17-16(3)21(36)13-23-25(17)26(22)18-14-43-24(27(18)38-23)12-20-19(28(43)44)15-47-29(45)34(20,46)7-2/h12-13,22,46H,6-11,14-15H2,1-5H3,(H2,37,39,40,41,42)/t22-,34-/m0/s1. The molecule has 0 bridgehead atoms. The number of fused-ring (bicyclic) bond motifs is 5. The highest BCUT2D eigenvalue weighted by Crippen LogP contribution is 2.46. The van der Waals surface area contributed by atoms with Gasteiger partial charge in [-0.1, -0.05) is 35.4 Å².